The zero-order chi connectivity index (χ0) is 21.4. The molecule has 1 aromatic carbocycles. The molecular formula is C22H32N6O. The van der Waals surface area contributed by atoms with Crippen molar-refractivity contribution in [3.8, 4) is 12.1 Å². The highest BCUT2D eigenvalue weighted by Gasteiger charge is 2.34. The molecule has 156 valence electrons. The fourth-order valence-electron chi connectivity index (χ4n) is 4.01. The van der Waals surface area contributed by atoms with E-state index in [0.29, 0.717) is 24.7 Å². The van der Waals surface area contributed by atoms with Gasteiger partial charge in [0.1, 0.15) is 6.54 Å². The van der Waals surface area contributed by atoms with Crippen LogP contribution in [0.4, 0.5) is 0 Å². The van der Waals surface area contributed by atoms with Crippen LogP contribution in [0.1, 0.15) is 50.8 Å². The Morgan fingerprint density at radius 2 is 2.14 bits per heavy atom. The van der Waals surface area contributed by atoms with E-state index in [9.17, 15) is 10.1 Å². The van der Waals surface area contributed by atoms with Crippen molar-refractivity contribution < 1.29 is 4.79 Å². The van der Waals surface area contributed by atoms with Crippen LogP contribution in [0.25, 0.3) is 0 Å². The number of benzene rings is 1. The first-order valence-electron chi connectivity index (χ1n) is 10.3. The number of rotatable bonds is 9. The van der Waals surface area contributed by atoms with Crippen molar-refractivity contribution in [1.82, 2.24) is 14.7 Å². The average molecular weight is 397 g/mol. The highest BCUT2D eigenvalue weighted by atomic mass is 16.2. The lowest BCUT2D eigenvalue weighted by Gasteiger charge is -2.30. The lowest BCUT2D eigenvalue weighted by Crippen LogP contribution is -2.50. The molecule has 7 nitrogen and oxygen atoms in total. The van der Waals surface area contributed by atoms with Gasteiger partial charge in [0, 0.05) is 31.7 Å². The van der Waals surface area contributed by atoms with Gasteiger partial charge in [-0.15, -0.1) is 0 Å². The number of amides is 1. The summed E-state index contributed by atoms with van der Waals surface area (Å²) in [5, 5.41) is 18.1. The van der Waals surface area contributed by atoms with Crippen molar-refractivity contribution in [1.29, 1.82) is 10.5 Å². The van der Waals surface area contributed by atoms with E-state index in [-0.39, 0.29) is 18.5 Å². The number of hydrogen-bond acceptors (Lipinski definition) is 6. The minimum Gasteiger partial charge on any atom is -0.328 e. The molecular weight excluding hydrogens is 364 g/mol. The van der Waals surface area contributed by atoms with Gasteiger partial charge in [0.25, 0.3) is 0 Å². The van der Waals surface area contributed by atoms with Gasteiger partial charge >= 0.3 is 0 Å². The SMILES string of the molecule is CCCN(CC#N)C(=O)C(N)CN1C[C@H](CC)N(C(C)c2cccc(C#N)c2)C1. The monoisotopic (exact) mass is 396 g/mol. The highest BCUT2D eigenvalue weighted by molar-refractivity contribution is 5.82. The molecule has 0 aromatic heterocycles. The van der Waals surface area contributed by atoms with Gasteiger partial charge in [-0.25, -0.2) is 0 Å². The zero-order valence-electron chi connectivity index (χ0n) is 17.7. The Morgan fingerprint density at radius 3 is 2.76 bits per heavy atom. The van der Waals surface area contributed by atoms with Crippen molar-refractivity contribution in [2.75, 3.05) is 32.8 Å². The van der Waals surface area contributed by atoms with Crippen molar-refractivity contribution in [3.63, 3.8) is 0 Å². The molecule has 0 aliphatic carbocycles. The number of carbonyl (C=O) groups is 1. The first-order valence-corrected chi connectivity index (χ1v) is 10.3. The molecule has 1 amide bonds. The number of nitriles is 2. The third kappa shape index (κ3) is 5.77. The molecule has 0 saturated carbocycles. The smallest absolute Gasteiger partial charge is 0.241 e. The van der Waals surface area contributed by atoms with Gasteiger partial charge < -0.3 is 10.6 Å². The lowest BCUT2D eigenvalue weighted by molar-refractivity contribution is -0.132. The number of hydrogen-bond donors (Lipinski definition) is 1. The first-order chi connectivity index (χ1) is 13.9. The summed E-state index contributed by atoms with van der Waals surface area (Å²) in [6.07, 6.45) is 1.80. The van der Waals surface area contributed by atoms with Gasteiger partial charge in [0.15, 0.2) is 0 Å². The van der Waals surface area contributed by atoms with Gasteiger partial charge in [-0.3, -0.25) is 14.6 Å². The number of carbonyl (C=O) groups excluding carboxylic acids is 1. The third-order valence-electron chi connectivity index (χ3n) is 5.61. The molecule has 1 fully saturated rings. The molecule has 1 aliphatic rings. The van der Waals surface area contributed by atoms with Crippen LogP contribution < -0.4 is 5.73 Å². The largest absolute Gasteiger partial charge is 0.328 e. The summed E-state index contributed by atoms with van der Waals surface area (Å²) in [4.78, 5) is 18.8. The summed E-state index contributed by atoms with van der Waals surface area (Å²) in [6, 6.07) is 11.9. The van der Waals surface area contributed by atoms with E-state index in [1.54, 1.807) is 4.90 Å². The van der Waals surface area contributed by atoms with E-state index in [2.05, 4.69) is 41.9 Å². The fraction of sp³-hybridized carbons (Fsp3) is 0.591. The molecule has 3 atom stereocenters. The van der Waals surface area contributed by atoms with E-state index >= 15 is 0 Å². The predicted molar refractivity (Wildman–Crippen MR) is 112 cm³/mol. The van der Waals surface area contributed by atoms with E-state index in [1.165, 1.54) is 0 Å². The summed E-state index contributed by atoms with van der Waals surface area (Å²) in [7, 11) is 0. The molecule has 0 radical (unpaired) electrons. The van der Waals surface area contributed by atoms with Crippen LogP contribution >= 0.6 is 0 Å². The Bertz CT molecular complexity index is 767. The fourth-order valence-corrected chi connectivity index (χ4v) is 4.01. The molecule has 1 aromatic rings. The molecule has 7 heteroatoms. The number of nitrogens with two attached hydrogens (primary N) is 1. The minimum atomic E-state index is -0.635. The van der Waals surface area contributed by atoms with Gasteiger partial charge in [0.2, 0.25) is 5.91 Å². The summed E-state index contributed by atoms with van der Waals surface area (Å²) < 4.78 is 0. The molecule has 2 N–H and O–H groups in total. The van der Waals surface area contributed by atoms with Gasteiger partial charge in [-0.1, -0.05) is 26.0 Å². The minimum absolute atomic E-state index is 0.0797. The van der Waals surface area contributed by atoms with E-state index in [4.69, 9.17) is 11.0 Å². The van der Waals surface area contributed by atoms with Gasteiger partial charge in [0.05, 0.1) is 30.4 Å². The summed E-state index contributed by atoms with van der Waals surface area (Å²) >= 11 is 0. The van der Waals surface area contributed by atoms with E-state index in [1.807, 2.05) is 25.1 Å². The Morgan fingerprint density at radius 1 is 1.38 bits per heavy atom. The molecule has 2 unspecified atom stereocenters. The van der Waals surface area contributed by atoms with Crippen LogP contribution in [0, 0.1) is 22.7 Å². The van der Waals surface area contributed by atoms with Crippen LogP contribution in [0.15, 0.2) is 24.3 Å². The maximum atomic E-state index is 12.6. The topological polar surface area (TPSA) is 100 Å². The zero-order valence-corrected chi connectivity index (χ0v) is 17.7. The molecule has 0 bridgehead atoms. The average Bonchev–Trinajstić information content (AvgIpc) is 3.15. The van der Waals surface area contributed by atoms with Gasteiger partial charge in [-0.2, -0.15) is 10.5 Å². The molecule has 2 rings (SSSR count). The second-order valence-electron chi connectivity index (χ2n) is 7.69. The standard InChI is InChI=1S/C22H32N6O/c1-4-10-27(11-9-23)22(29)21(25)15-26-14-20(5-2)28(16-26)17(3)19-8-6-7-18(12-19)13-24/h6-8,12,17,20-21H,4-5,10-11,14-16,25H2,1-3H3/t17?,20-,21?/m0/s1. The van der Waals surface area contributed by atoms with Crippen LogP contribution in [-0.4, -0.2) is 65.5 Å². The van der Waals surface area contributed by atoms with Gasteiger partial charge in [-0.05, 0) is 37.5 Å². The normalized spacial score (nSPS) is 19.3. The van der Waals surface area contributed by atoms with Crippen molar-refractivity contribution in [3.05, 3.63) is 35.4 Å². The highest BCUT2D eigenvalue weighted by Crippen LogP contribution is 2.29. The van der Waals surface area contributed by atoms with Crippen molar-refractivity contribution >= 4 is 5.91 Å². The van der Waals surface area contributed by atoms with Crippen LogP contribution in [0.5, 0.6) is 0 Å². The summed E-state index contributed by atoms with van der Waals surface area (Å²) in [5.74, 6) is -0.158. The van der Waals surface area contributed by atoms with E-state index in [0.717, 1.165) is 31.6 Å². The predicted octanol–water partition coefficient (Wildman–Crippen LogP) is 2.06. The second kappa shape index (κ2) is 10.9. The summed E-state index contributed by atoms with van der Waals surface area (Å²) in [6.45, 7) is 8.99. The maximum absolute atomic E-state index is 12.6. The Balaban J connectivity index is 2.05. The van der Waals surface area contributed by atoms with Crippen molar-refractivity contribution in [2.45, 2.75) is 51.7 Å². The molecule has 1 aliphatic heterocycles. The van der Waals surface area contributed by atoms with Crippen LogP contribution in [-0.2, 0) is 4.79 Å². The molecule has 1 saturated heterocycles. The van der Waals surface area contributed by atoms with Crippen molar-refractivity contribution in [2.24, 2.45) is 5.73 Å². The summed E-state index contributed by atoms with van der Waals surface area (Å²) in [5.41, 5.74) is 8.00. The first kappa shape index (κ1) is 22.8. The molecule has 29 heavy (non-hydrogen) atoms. The Hall–Kier alpha value is -2.45. The van der Waals surface area contributed by atoms with Crippen LogP contribution in [0.2, 0.25) is 0 Å². The Kier molecular flexibility index (Phi) is 8.60. The second-order valence-corrected chi connectivity index (χ2v) is 7.69. The number of nitrogens with zero attached hydrogens (tertiary/aromatic N) is 5. The molecule has 1 heterocycles. The molecule has 0 spiro atoms. The van der Waals surface area contributed by atoms with E-state index < -0.39 is 6.04 Å². The maximum Gasteiger partial charge on any atom is 0.241 e. The lowest BCUT2D eigenvalue weighted by atomic mass is 10.0. The Labute approximate surface area is 174 Å². The quantitative estimate of drug-likeness (QED) is 0.641. The van der Waals surface area contributed by atoms with Crippen LogP contribution in [0.3, 0.4) is 0 Å². The third-order valence-corrected chi connectivity index (χ3v) is 5.61.